The third-order valence-corrected chi connectivity index (χ3v) is 5.61. The zero-order chi connectivity index (χ0) is 25.3. The Morgan fingerprint density at radius 2 is 1.94 bits per heavy atom. The van der Waals surface area contributed by atoms with Gasteiger partial charge in [0.15, 0.2) is 0 Å². The Morgan fingerprint density at radius 3 is 2.62 bits per heavy atom. The number of aliphatic hydroxyl groups is 1. The highest BCUT2D eigenvalue weighted by atomic mass is 31.2. The van der Waals surface area contributed by atoms with Crippen molar-refractivity contribution >= 4 is 19.6 Å². The number of carbonyl (C=O) groups excluding carboxylic acids is 2. The van der Waals surface area contributed by atoms with Crippen molar-refractivity contribution in [2.75, 3.05) is 19.7 Å². The lowest BCUT2D eigenvalue weighted by Crippen LogP contribution is -2.43. The molecule has 14 nitrogen and oxygen atoms in total. The average molecular weight is 506 g/mol. The number of rotatable bonds is 13. The number of nitrogens with one attached hydrogen (secondary N) is 2. The minimum absolute atomic E-state index is 0.0496. The van der Waals surface area contributed by atoms with Crippen molar-refractivity contribution in [2.24, 2.45) is 0 Å². The maximum Gasteiger partial charge on any atom is 0.469 e. The van der Waals surface area contributed by atoms with E-state index in [9.17, 15) is 28.8 Å². The van der Waals surface area contributed by atoms with E-state index in [-0.39, 0.29) is 37.7 Å². The number of carbonyl (C=O) groups is 2. The molecular formula is C19H31N4O10P. The third kappa shape index (κ3) is 9.12. The SMILES string of the molecule is CC(=O)NCCCCCC(=O)NCCn1c(=O)ccn([C@H]2C[C@H](O)[C@@H](COP(=O)(O)O)O2)c1=O. The molecule has 2 amide bonds. The molecule has 1 saturated heterocycles. The Morgan fingerprint density at radius 1 is 1.21 bits per heavy atom. The maximum absolute atomic E-state index is 12.8. The summed E-state index contributed by atoms with van der Waals surface area (Å²) in [6.45, 7) is 1.39. The van der Waals surface area contributed by atoms with Crippen molar-refractivity contribution in [2.45, 2.75) is 64.0 Å². The molecule has 0 unspecified atom stereocenters. The fourth-order valence-electron chi connectivity index (χ4n) is 3.41. The van der Waals surface area contributed by atoms with E-state index in [4.69, 9.17) is 14.5 Å². The number of hydrogen-bond donors (Lipinski definition) is 5. The van der Waals surface area contributed by atoms with Gasteiger partial charge in [-0.25, -0.2) is 9.36 Å². The molecule has 1 aliphatic rings. The highest BCUT2D eigenvalue weighted by Gasteiger charge is 2.37. The highest BCUT2D eigenvalue weighted by Crippen LogP contribution is 2.38. The summed E-state index contributed by atoms with van der Waals surface area (Å²) in [6, 6.07) is 1.15. The fourth-order valence-corrected chi connectivity index (χ4v) is 3.75. The van der Waals surface area contributed by atoms with Crippen LogP contribution in [0.5, 0.6) is 0 Å². The first-order chi connectivity index (χ1) is 16.0. The van der Waals surface area contributed by atoms with Crippen LogP contribution in [-0.4, -0.2) is 67.7 Å². The molecule has 3 atom stereocenters. The van der Waals surface area contributed by atoms with Crippen LogP contribution in [0, 0.1) is 0 Å². The molecule has 1 fully saturated rings. The first-order valence-electron chi connectivity index (χ1n) is 10.8. The molecule has 34 heavy (non-hydrogen) atoms. The lowest BCUT2D eigenvalue weighted by Gasteiger charge is -2.17. The standard InChI is InChI=1S/C19H31N4O10P/c1-13(24)20-7-4-2-3-5-16(26)21-8-10-22-17(27)6-9-23(19(22)28)18-11-14(25)15(33-18)12-32-34(29,30)31/h6,9,14-15,18,25H,2-5,7-8,10-12H2,1H3,(H,20,24)(H,21,26)(H2,29,30,31)/t14-,15+,18+/m0/s1. The molecule has 0 spiro atoms. The summed E-state index contributed by atoms with van der Waals surface area (Å²) >= 11 is 0. The fraction of sp³-hybridized carbons (Fsp3) is 0.684. The van der Waals surface area contributed by atoms with E-state index in [1.165, 1.54) is 13.1 Å². The second kappa shape index (κ2) is 12.9. The van der Waals surface area contributed by atoms with Crippen LogP contribution in [0.1, 0.15) is 45.3 Å². The first kappa shape index (κ1) is 27.9. The van der Waals surface area contributed by atoms with Crippen LogP contribution in [0.2, 0.25) is 0 Å². The smallest absolute Gasteiger partial charge is 0.390 e. The van der Waals surface area contributed by atoms with Gasteiger partial charge in [0.1, 0.15) is 12.3 Å². The van der Waals surface area contributed by atoms with E-state index in [1.54, 1.807) is 0 Å². The van der Waals surface area contributed by atoms with Crippen LogP contribution in [0.3, 0.4) is 0 Å². The Hall–Kier alpha value is -2.35. The third-order valence-electron chi connectivity index (χ3n) is 5.13. The minimum atomic E-state index is -4.75. The predicted octanol–water partition coefficient (Wildman–Crippen LogP) is -1.42. The summed E-state index contributed by atoms with van der Waals surface area (Å²) in [5.74, 6) is -0.323. The largest absolute Gasteiger partial charge is 0.469 e. The molecule has 2 heterocycles. The number of phosphoric ester groups is 1. The van der Waals surface area contributed by atoms with Gasteiger partial charge in [0.05, 0.1) is 12.7 Å². The summed E-state index contributed by atoms with van der Waals surface area (Å²) in [5, 5.41) is 15.4. The summed E-state index contributed by atoms with van der Waals surface area (Å²) in [5.41, 5.74) is -1.29. The molecule has 5 N–H and O–H groups in total. The molecule has 0 bridgehead atoms. The second-order valence-electron chi connectivity index (χ2n) is 7.86. The van der Waals surface area contributed by atoms with Gasteiger partial charge in [0.25, 0.3) is 5.56 Å². The topological polar surface area (TPSA) is 198 Å². The molecule has 0 aromatic carbocycles. The molecule has 0 saturated carbocycles. The van der Waals surface area contributed by atoms with Crippen LogP contribution in [0.15, 0.2) is 21.9 Å². The Kier molecular flexibility index (Phi) is 10.6. The first-order valence-corrected chi connectivity index (χ1v) is 12.4. The van der Waals surface area contributed by atoms with E-state index in [1.807, 2.05) is 0 Å². The van der Waals surface area contributed by atoms with Crippen molar-refractivity contribution in [3.8, 4) is 0 Å². The molecule has 1 aromatic rings. The maximum atomic E-state index is 12.8. The lowest BCUT2D eigenvalue weighted by atomic mass is 10.2. The van der Waals surface area contributed by atoms with E-state index >= 15 is 0 Å². The molecule has 1 aromatic heterocycles. The quantitative estimate of drug-likeness (QED) is 0.156. The number of amides is 2. The van der Waals surface area contributed by atoms with Crippen molar-refractivity contribution in [1.82, 2.24) is 19.8 Å². The second-order valence-corrected chi connectivity index (χ2v) is 9.10. The summed E-state index contributed by atoms with van der Waals surface area (Å²) in [7, 11) is -4.75. The van der Waals surface area contributed by atoms with Gasteiger partial charge >= 0.3 is 13.5 Å². The van der Waals surface area contributed by atoms with Gasteiger partial charge in [-0.2, -0.15) is 0 Å². The van der Waals surface area contributed by atoms with Crippen molar-refractivity contribution in [1.29, 1.82) is 0 Å². The number of aliphatic hydroxyl groups excluding tert-OH is 1. The van der Waals surface area contributed by atoms with E-state index in [2.05, 4.69) is 15.2 Å². The number of unbranched alkanes of at least 4 members (excludes halogenated alkanes) is 2. The average Bonchev–Trinajstić information content (AvgIpc) is 3.11. The van der Waals surface area contributed by atoms with E-state index < -0.39 is 44.1 Å². The Bertz CT molecular complexity index is 1000. The van der Waals surface area contributed by atoms with Crippen molar-refractivity contribution < 1.29 is 38.3 Å². The van der Waals surface area contributed by atoms with E-state index in [0.29, 0.717) is 13.0 Å². The number of nitrogens with zero attached hydrogens (tertiary/aromatic N) is 2. The van der Waals surface area contributed by atoms with Gasteiger partial charge in [-0.1, -0.05) is 6.42 Å². The number of aromatic nitrogens is 2. The summed E-state index contributed by atoms with van der Waals surface area (Å²) in [4.78, 5) is 65.3. The Balaban J connectivity index is 1.86. The minimum Gasteiger partial charge on any atom is -0.390 e. The van der Waals surface area contributed by atoms with E-state index in [0.717, 1.165) is 28.0 Å². The van der Waals surface area contributed by atoms with Crippen molar-refractivity contribution in [3.63, 3.8) is 0 Å². The van der Waals surface area contributed by atoms with Crippen LogP contribution in [-0.2, 0) is 30.0 Å². The van der Waals surface area contributed by atoms with Crippen LogP contribution in [0.25, 0.3) is 0 Å². The van der Waals surface area contributed by atoms with Gasteiger partial charge in [-0.15, -0.1) is 0 Å². The van der Waals surface area contributed by atoms with Crippen LogP contribution < -0.4 is 21.9 Å². The molecule has 0 aliphatic carbocycles. The molecule has 192 valence electrons. The number of hydrogen-bond acceptors (Lipinski definition) is 8. The van der Waals surface area contributed by atoms with Gasteiger partial charge in [0.2, 0.25) is 11.8 Å². The Labute approximate surface area is 195 Å². The van der Waals surface area contributed by atoms with Crippen molar-refractivity contribution in [3.05, 3.63) is 33.1 Å². The van der Waals surface area contributed by atoms with Gasteiger partial charge < -0.3 is 30.3 Å². The van der Waals surface area contributed by atoms with Crippen LogP contribution >= 0.6 is 7.82 Å². The normalized spacial score (nSPS) is 20.3. The summed E-state index contributed by atoms with van der Waals surface area (Å²) in [6.07, 6.45) is 0.434. The monoisotopic (exact) mass is 506 g/mol. The van der Waals surface area contributed by atoms with Crippen LogP contribution in [0.4, 0.5) is 0 Å². The number of phosphoric acid groups is 1. The zero-order valence-corrected chi connectivity index (χ0v) is 19.7. The number of ether oxygens (including phenoxy) is 1. The van der Waals surface area contributed by atoms with Gasteiger partial charge in [-0.05, 0) is 12.8 Å². The molecule has 1 aliphatic heterocycles. The summed E-state index contributed by atoms with van der Waals surface area (Å²) < 4.78 is 22.7. The molecule has 2 rings (SSSR count). The predicted molar refractivity (Wildman–Crippen MR) is 118 cm³/mol. The van der Waals surface area contributed by atoms with Gasteiger partial charge in [0, 0.05) is 51.7 Å². The molecule has 15 heteroatoms. The highest BCUT2D eigenvalue weighted by molar-refractivity contribution is 7.46. The molecular weight excluding hydrogens is 475 g/mol. The lowest BCUT2D eigenvalue weighted by molar-refractivity contribution is -0.121. The molecule has 0 radical (unpaired) electrons. The van der Waals surface area contributed by atoms with Gasteiger partial charge in [-0.3, -0.25) is 28.0 Å². The zero-order valence-electron chi connectivity index (χ0n) is 18.8.